The Kier molecular flexibility index (Phi) is 4.49. The summed E-state index contributed by atoms with van der Waals surface area (Å²) in [6.45, 7) is 0.388. The minimum Gasteiger partial charge on any atom is -0.508 e. The van der Waals surface area contributed by atoms with Crippen LogP contribution in [0.2, 0.25) is 0 Å². The van der Waals surface area contributed by atoms with Gasteiger partial charge in [-0.2, -0.15) is 0 Å². The highest BCUT2D eigenvalue weighted by atomic mass is 19.1. The lowest BCUT2D eigenvalue weighted by Gasteiger charge is -2.17. The number of phenolic OH excluding ortho intramolecular Hbond substituents is 1. The Morgan fingerprint density at radius 2 is 1.84 bits per heavy atom. The van der Waals surface area contributed by atoms with Gasteiger partial charge in [-0.3, -0.25) is 0 Å². The number of halogens is 1. The molecule has 0 aromatic heterocycles. The van der Waals surface area contributed by atoms with Gasteiger partial charge in [0.05, 0.1) is 12.6 Å². The van der Waals surface area contributed by atoms with Crippen LogP contribution in [0.1, 0.15) is 17.2 Å². The predicted molar refractivity (Wildman–Crippen MR) is 71.2 cm³/mol. The molecule has 1 atom stereocenters. The van der Waals surface area contributed by atoms with Crippen molar-refractivity contribution in [3.8, 4) is 5.75 Å². The summed E-state index contributed by atoms with van der Waals surface area (Å²) in [6.07, 6.45) is 0. The molecule has 0 aliphatic carbocycles. The summed E-state index contributed by atoms with van der Waals surface area (Å²) in [6, 6.07) is 13.1. The number of phenols is 1. The minimum absolute atomic E-state index is 0.144. The molecule has 0 saturated heterocycles. The van der Waals surface area contributed by atoms with Crippen molar-refractivity contribution < 1.29 is 14.6 Å². The van der Waals surface area contributed by atoms with Crippen molar-refractivity contribution in [2.45, 2.75) is 12.6 Å². The zero-order valence-electron chi connectivity index (χ0n) is 10.4. The average molecular weight is 261 g/mol. The number of benzene rings is 2. The number of aliphatic hydroxyl groups excluding tert-OH is 1. The molecular formula is C15H16FNO2. The van der Waals surface area contributed by atoms with Gasteiger partial charge < -0.3 is 15.5 Å². The number of hydrogen-bond donors (Lipinski definition) is 3. The van der Waals surface area contributed by atoms with Crippen molar-refractivity contribution in [1.82, 2.24) is 5.32 Å². The number of hydrogen-bond acceptors (Lipinski definition) is 3. The van der Waals surface area contributed by atoms with E-state index in [4.69, 9.17) is 0 Å². The van der Waals surface area contributed by atoms with Crippen molar-refractivity contribution in [2.75, 3.05) is 6.61 Å². The highest BCUT2D eigenvalue weighted by Crippen LogP contribution is 2.20. The summed E-state index contributed by atoms with van der Waals surface area (Å²) in [7, 11) is 0. The van der Waals surface area contributed by atoms with Gasteiger partial charge in [0.2, 0.25) is 0 Å². The molecule has 19 heavy (non-hydrogen) atoms. The largest absolute Gasteiger partial charge is 0.508 e. The summed E-state index contributed by atoms with van der Waals surface area (Å²) in [5.41, 5.74) is 1.59. The van der Waals surface area contributed by atoms with Crippen molar-refractivity contribution in [1.29, 1.82) is 0 Å². The van der Waals surface area contributed by atoms with Crippen molar-refractivity contribution >= 4 is 0 Å². The molecule has 2 rings (SSSR count). The Bertz CT molecular complexity index is 511. The molecule has 0 spiro atoms. The molecule has 3 nitrogen and oxygen atoms in total. The summed E-state index contributed by atoms with van der Waals surface area (Å²) in [5, 5.41) is 21.9. The molecule has 2 aromatic rings. The van der Waals surface area contributed by atoms with Crippen LogP contribution in [0.5, 0.6) is 5.75 Å². The summed E-state index contributed by atoms with van der Waals surface area (Å²) in [5.74, 6) is -0.662. The van der Waals surface area contributed by atoms with Crippen LogP contribution >= 0.6 is 0 Å². The first-order chi connectivity index (χ1) is 9.19. The smallest absolute Gasteiger partial charge is 0.127 e. The van der Waals surface area contributed by atoms with Crippen LogP contribution in [0.15, 0.2) is 48.5 Å². The van der Waals surface area contributed by atoms with Crippen molar-refractivity contribution in [3.63, 3.8) is 0 Å². The predicted octanol–water partition coefficient (Wildman–Crippen LogP) is 2.35. The molecule has 1 unspecified atom stereocenters. The molecular weight excluding hydrogens is 245 g/mol. The average Bonchev–Trinajstić information content (AvgIpc) is 2.39. The van der Waals surface area contributed by atoms with Gasteiger partial charge >= 0.3 is 0 Å². The first kappa shape index (κ1) is 13.5. The highest BCUT2D eigenvalue weighted by molar-refractivity contribution is 5.30. The zero-order valence-corrected chi connectivity index (χ0v) is 10.4. The van der Waals surface area contributed by atoms with Gasteiger partial charge in [-0.15, -0.1) is 0 Å². The third kappa shape index (κ3) is 3.77. The molecule has 0 aliphatic rings. The van der Waals surface area contributed by atoms with E-state index in [2.05, 4.69) is 5.32 Å². The number of aromatic hydroxyl groups is 1. The Hall–Kier alpha value is -1.91. The van der Waals surface area contributed by atoms with Crippen molar-refractivity contribution in [2.24, 2.45) is 0 Å². The van der Waals surface area contributed by atoms with Crippen molar-refractivity contribution in [3.05, 3.63) is 65.5 Å². The molecule has 4 heteroatoms. The fourth-order valence-electron chi connectivity index (χ4n) is 1.92. The van der Waals surface area contributed by atoms with Gasteiger partial charge in [0.25, 0.3) is 0 Å². The highest BCUT2D eigenvalue weighted by Gasteiger charge is 2.12. The van der Waals surface area contributed by atoms with Crippen LogP contribution in [0.25, 0.3) is 0 Å². The van der Waals surface area contributed by atoms with Gasteiger partial charge in [-0.1, -0.05) is 30.3 Å². The Balaban J connectivity index is 2.07. The zero-order chi connectivity index (χ0) is 13.7. The van der Waals surface area contributed by atoms with E-state index in [1.165, 1.54) is 12.1 Å². The van der Waals surface area contributed by atoms with Gasteiger partial charge in [-0.25, -0.2) is 4.39 Å². The topological polar surface area (TPSA) is 52.5 Å². The van der Waals surface area contributed by atoms with Crippen LogP contribution < -0.4 is 5.32 Å². The Labute approximate surface area is 111 Å². The molecule has 0 saturated carbocycles. The second kappa shape index (κ2) is 6.31. The summed E-state index contributed by atoms with van der Waals surface area (Å²) >= 11 is 0. The van der Waals surface area contributed by atoms with E-state index in [1.54, 1.807) is 0 Å². The van der Waals surface area contributed by atoms with E-state index in [0.29, 0.717) is 12.1 Å². The fraction of sp³-hybridized carbons (Fsp3) is 0.200. The first-order valence-electron chi connectivity index (χ1n) is 6.06. The third-order valence-corrected chi connectivity index (χ3v) is 2.89. The van der Waals surface area contributed by atoms with Crippen LogP contribution in [0.3, 0.4) is 0 Å². The van der Waals surface area contributed by atoms with Crippen LogP contribution in [-0.4, -0.2) is 16.8 Å². The number of aliphatic hydroxyl groups is 1. The maximum atomic E-state index is 13.2. The maximum Gasteiger partial charge on any atom is 0.127 e. The van der Waals surface area contributed by atoms with E-state index < -0.39 is 11.9 Å². The van der Waals surface area contributed by atoms with E-state index in [1.807, 2.05) is 30.3 Å². The molecule has 100 valence electrons. The third-order valence-electron chi connectivity index (χ3n) is 2.89. The van der Waals surface area contributed by atoms with Gasteiger partial charge in [0.15, 0.2) is 0 Å². The fourth-order valence-corrected chi connectivity index (χ4v) is 1.92. The first-order valence-corrected chi connectivity index (χ1v) is 6.06. The molecule has 3 N–H and O–H groups in total. The Morgan fingerprint density at radius 3 is 2.47 bits per heavy atom. The second-order valence-electron chi connectivity index (χ2n) is 4.34. The normalized spacial score (nSPS) is 12.3. The minimum atomic E-state index is -0.519. The lowest BCUT2D eigenvalue weighted by molar-refractivity contribution is 0.243. The Morgan fingerprint density at radius 1 is 1.11 bits per heavy atom. The molecule has 2 aromatic carbocycles. The molecule has 0 heterocycles. The summed E-state index contributed by atoms with van der Waals surface area (Å²) < 4.78 is 13.2. The monoisotopic (exact) mass is 261 g/mol. The van der Waals surface area contributed by atoms with Crippen LogP contribution in [0, 0.1) is 5.82 Å². The molecule has 0 amide bonds. The lowest BCUT2D eigenvalue weighted by atomic mass is 10.1. The second-order valence-corrected chi connectivity index (χ2v) is 4.34. The lowest BCUT2D eigenvalue weighted by Crippen LogP contribution is -2.24. The van der Waals surface area contributed by atoms with Crippen LogP contribution in [0.4, 0.5) is 4.39 Å². The standard InChI is InChI=1S/C15H16FNO2/c16-13-6-12(7-14(19)8-13)15(10-18)17-9-11-4-2-1-3-5-11/h1-8,15,17-19H,9-10H2. The van der Waals surface area contributed by atoms with Gasteiger partial charge in [0.1, 0.15) is 11.6 Å². The van der Waals surface area contributed by atoms with Gasteiger partial charge in [0, 0.05) is 12.6 Å². The molecule has 0 aliphatic heterocycles. The number of nitrogens with one attached hydrogen (secondary N) is 1. The van der Waals surface area contributed by atoms with Crippen LogP contribution in [-0.2, 0) is 6.54 Å². The molecule has 0 bridgehead atoms. The molecule has 0 fully saturated rings. The van der Waals surface area contributed by atoms with E-state index in [0.717, 1.165) is 11.6 Å². The van der Waals surface area contributed by atoms with Gasteiger partial charge in [-0.05, 0) is 23.3 Å². The summed E-state index contributed by atoms with van der Waals surface area (Å²) in [4.78, 5) is 0. The van der Waals surface area contributed by atoms with E-state index in [9.17, 15) is 14.6 Å². The SMILES string of the molecule is OCC(NCc1ccccc1)c1cc(O)cc(F)c1. The van der Waals surface area contributed by atoms with E-state index >= 15 is 0 Å². The maximum absolute atomic E-state index is 13.2. The number of rotatable bonds is 5. The van der Waals surface area contributed by atoms with E-state index in [-0.39, 0.29) is 12.4 Å². The molecule has 0 radical (unpaired) electrons. The quantitative estimate of drug-likeness (QED) is 0.774.